The molecule has 30 heavy (non-hydrogen) atoms. The summed E-state index contributed by atoms with van der Waals surface area (Å²) < 4.78 is 11.0. The number of nitrogens with zero attached hydrogens (tertiary/aromatic N) is 2. The second-order valence-electron chi connectivity index (χ2n) is 7.67. The number of aromatic nitrogens is 2. The van der Waals surface area contributed by atoms with Crippen LogP contribution >= 0.6 is 11.6 Å². The van der Waals surface area contributed by atoms with Gasteiger partial charge in [-0.25, -0.2) is 9.78 Å². The molecule has 1 N–H and O–H groups in total. The zero-order valence-corrected chi connectivity index (χ0v) is 17.9. The molecule has 0 atom stereocenters. The standard InChI is InChI=1S/C23H24ClN3O3/c1-23(2,3)30-22(28)26-13-11-16-7-9-17(10-8-16)18-5-4-6-19(15-18)29-20-12-14-25-21(24)27-20/h4-10,12,14-15H,11,13H2,1-3H3,(H,26,28). The van der Waals surface area contributed by atoms with Gasteiger partial charge in [0.15, 0.2) is 0 Å². The molecule has 1 heterocycles. The molecule has 0 aliphatic rings. The summed E-state index contributed by atoms with van der Waals surface area (Å²) in [5.41, 5.74) is 2.71. The molecule has 3 aromatic rings. The number of benzene rings is 2. The van der Waals surface area contributed by atoms with E-state index < -0.39 is 11.7 Å². The number of carbonyl (C=O) groups is 1. The van der Waals surface area contributed by atoms with Crippen molar-refractivity contribution in [1.29, 1.82) is 0 Å². The number of hydrogen-bond donors (Lipinski definition) is 1. The normalized spacial score (nSPS) is 11.1. The van der Waals surface area contributed by atoms with Crippen LogP contribution in [0.3, 0.4) is 0 Å². The number of amides is 1. The van der Waals surface area contributed by atoms with Gasteiger partial charge in [0.25, 0.3) is 0 Å². The van der Waals surface area contributed by atoms with Crippen molar-refractivity contribution in [2.75, 3.05) is 6.54 Å². The zero-order chi connectivity index (χ0) is 21.6. The van der Waals surface area contributed by atoms with Crippen LogP contribution in [-0.4, -0.2) is 28.2 Å². The number of hydrogen-bond acceptors (Lipinski definition) is 5. The molecule has 0 saturated carbocycles. The number of carbonyl (C=O) groups excluding carboxylic acids is 1. The zero-order valence-electron chi connectivity index (χ0n) is 17.2. The van der Waals surface area contributed by atoms with Crippen molar-refractivity contribution in [3.05, 3.63) is 71.6 Å². The SMILES string of the molecule is CC(C)(C)OC(=O)NCCc1ccc(-c2cccc(Oc3ccnc(Cl)n3)c2)cc1. The highest BCUT2D eigenvalue weighted by Crippen LogP contribution is 2.27. The first-order chi connectivity index (χ1) is 14.3. The number of halogens is 1. The summed E-state index contributed by atoms with van der Waals surface area (Å²) in [6.07, 6.45) is 1.86. The third kappa shape index (κ3) is 6.74. The van der Waals surface area contributed by atoms with Crippen LogP contribution < -0.4 is 10.1 Å². The van der Waals surface area contributed by atoms with Crippen molar-refractivity contribution >= 4 is 17.7 Å². The Hall–Kier alpha value is -3.12. The summed E-state index contributed by atoms with van der Waals surface area (Å²) in [7, 11) is 0. The largest absolute Gasteiger partial charge is 0.444 e. The van der Waals surface area contributed by atoms with E-state index in [0.717, 1.165) is 23.1 Å². The Morgan fingerprint density at radius 3 is 2.53 bits per heavy atom. The molecule has 6 nitrogen and oxygen atoms in total. The van der Waals surface area contributed by atoms with Crippen LogP contribution in [0.2, 0.25) is 5.28 Å². The lowest BCUT2D eigenvalue weighted by atomic mass is 10.0. The summed E-state index contributed by atoms with van der Waals surface area (Å²) >= 11 is 5.80. The van der Waals surface area contributed by atoms with Gasteiger partial charge >= 0.3 is 6.09 Å². The van der Waals surface area contributed by atoms with E-state index in [4.69, 9.17) is 21.1 Å². The molecule has 0 spiro atoms. The van der Waals surface area contributed by atoms with E-state index in [-0.39, 0.29) is 5.28 Å². The molecule has 2 aromatic carbocycles. The van der Waals surface area contributed by atoms with Crippen LogP contribution in [0.5, 0.6) is 11.6 Å². The summed E-state index contributed by atoms with van der Waals surface area (Å²) in [4.78, 5) is 19.6. The van der Waals surface area contributed by atoms with E-state index in [2.05, 4.69) is 15.3 Å². The van der Waals surface area contributed by atoms with Gasteiger partial charge < -0.3 is 14.8 Å². The van der Waals surface area contributed by atoms with Crippen molar-refractivity contribution in [3.8, 4) is 22.8 Å². The van der Waals surface area contributed by atoms with Crippen LogP contribution in [0.25, 0.3) is 11.1 Å². The van der Waals surface area contributed by atoms with Gasteiger partial charge in [-0.15, -0.1) is 0 Å². The fraction of sp³-hybridized carbons (Fsp3) is 0.261. The first-order valence-corrected chi connectivity index (χ1v) is 9.99. The molecule has 3 rings (SSSR count). The Kier molecular flexibility index (Phi) is 6.90. The van der Waals surface area contributed by atoms with Crippen LogP contribution in [-0.2, 0) is 11.2 Å². The first kappa shape index (κ1) is 21.6. The highest BCUT2D eigenvalue weighted by molar-refractivity contribution is 6.28. The van der Waals surface area contributed by atoms with Crippen molar-refractivity contribution in [2.45, 2.75) is 32.8 Å². The lowest BCUT2D eigenvalue weighted by Gasteiger charge is -2.19. The van der Waals surface area contributed by atoms with Crippen LogP contribution in [0.1, 0.15) is 26.3 Å². The summed E-state index contributed by atoms with van der Waals surface area (Å²) in [6, 6.07) is 17.6. The second-order valence-corrected chi connectivity index (χ2v) is 8.01. The molecule has 0 radical (unpaired) electrons. The van der Waals surface area contributed by atoms with Gasteiger partial charge in [0.05, 0.1) is 0 Å². The van der Waals surface area contributed by atoms with Gasteiger partial charge in [0, 0.05) is 18.8 Å². The number of rotatable bonds is 6. The smallest absolute Gasteiger partial charge is 0.407 e. The lowest BCUT2D eigenvalue weighted by Crippen LogP contribution is -2.33. The molecule has 0 aliphatic heterocycles. The van der Waals surface area contributed by atoms with Gasteiger partial charge in [-0.05, 0) is 67.6 Å². The first-order valence-electron chi connectivity index (χ1n) is 9.61. The number of nitrogens with one attached hydrogen (secondary N) is 1. The van der Waals surface area contributed by atoms with Gasteiger partial charge in [-0.3, -0.25) is 0 Å². The van der Waals surface area contributed by atoms with E-state index in [9.17, 15) is 4.79 Å². The summed E-state index contributed by atoms with van der Waals surface area (Å²) in [5, 5.41) is 2.91. The Morgan fingerprint density at radius 1 is 1.07 bits per heavy atom. The Morgan fingerprint density at radius 2 is 1.83 bits per heavy atom. The van der Waals surface area contributed by atoms with E-state index in [1.54, 1.807) is 12.3 Å². The maximum absolute atomic E-state index is 11.7. The molecular weight excluding hydrogens is 402 g/mol. The minimum Gasteiger partial charge on any atom is -0.444 e. The van der Waals surface area contributed by atoms with Crippen molar-refractivity contribution in [2.24, 2.45) is 0 Å². The van der Waals surface area contributed by atoms with Crippen LogP contribution in [0.4, 0.5) is 4.79 Å². The molecule has 0 fully saturated rings. The molecule has 1 aromatic heterocycles. The average molecular weight is 426 g/mol. The predicted molar refractivity (Wildman–Crippen MR) is 117 cm³/mol. The molecule has 1 amide bonds. The number of alkyl carbamates (subject to hydrolysis) is 1. The van der Waals surface area contributed by atoms with E-state index in [1.807, 2.05) is 69.3 Å². The molecule has 7 heteroatoms. The molecule has 0 saturated heterocycles. The Bertz CT molecular complexity index is 1000. The Labute approximate surface area is 181 Å². The molecule has 156 valence electrons. The summed E-state index contributed by atoms with van der Waals surface area (Å²) in [6.45, 7) is 6.04. The third-order valence-corrected chi connectivity index (χ3v) is 4.21. The quantitative estimate of drug-likeness (QED) is 0.516. The second kappa shape index (κ2) is 9.59. The van der Waals surface area contributed by atoms with E-state index in [1.165, 1.54) is 0 Å². The third-order valence-electron chi connectivity index (χ3n) is 4.03. The molecule has 0 bridgehead atoms. The van der Waals surface area contributed by atoms with Crippen molar-refractivity contribution in [1.82, 2.24) is 15.3 Å². The predicted octanol–water partition coefficient (Wildman–Crippen LogP) is 5.66. The Balaban J connectivity index is 1.59. The van der Waals surface area contributed by atoms with Gasteiger partial charge in [0.1, 0.15) is 11.4 Å². The van der Waals surface area contributed by atoms with Gasteiger partial charge in [0.2, 0.25) is 11.2 Å². The average Bonchev–Trinajstić information content (AvgIpc) is 2.67. The maximum atomic E-state index is 11.7. The topological polar surface area (TPSA) is 73.3 Å². The minimum absolute atomic E-state index is 0.139. The fourth-order valence-electron chi connectivity index (χ4n) is 2.72. The van der Waals surface area contributed by atoms with Gasteiger partial charge in [-0.2, -0.15) is 4.98 Å². The minimum atomic E-state index is -0.496. The molecule has 0 aliphatic carbocycles. The van der Waals surface area contributed by atoms with Crippen molar-refractivity contribution in [3.63, 3.8) is 0 Å². The molecule has 0 unspecified atom stereocenters. The van der Waals surface area contributed by atoms with Crippen molar-refractivity contribution < 1.29 is 14.3 Å². The highest BCUT2D eigenvalue weighted by atomic mass is 35.5. The highest BCUT2D eigenvalue weighted by Gasteiger charge is 2.15. The van der Waals surface area contributed by atoms with Crippen LogP contribution in [0.15, 0.2) is 60.8 Å². The molecular formula is C23H24ClN3O3. The lowest BCUT2D eigenvalue weighted by molar-refractivity contribution is 0.0528. The van der Waals surface area contributed by atoms with Gasteiger partial charge in [-0.1, -0.05) is 36.4 Å². The van der Waals surface area contributed by atoms with Crippen LogP contribution in [0, 0.1) is 0 Å². The summed E-state index contributed by atoms with van der Waals surface area (Å²) in [5.74, 6) is 1.05. The monoisotopic (exact) mass is 425 g/mol. The fourth-order valence-corrected chi connectivity index (χ4v) is 2.86. The van der Waals surface area contributed by atoms with E-state index in [0.29, 0.717) is 18.2 Å². The van der Waals surface area contributed by atoms with E-state index >= 15 is 0 Å². The maximum Gasteiger partial charge on any atom is 0.407 e. The number of ether oxygens (including phenoxy) is 2.